The highest BCUT2D eigenvalue weighted by Crippen LogP contribution is 2.28. The van der Waals surface area contributed by atoms with Crippen molar-refractivity contribution in [2.45, 2.75) is 33.2 Å². The molecule has 0 aliphatic carbocycles. The van der Waals surface area contributed by atoms with Crippen LogP contribution in [0.5, 0.6) is 0 Å². The first-order chi connectivity index (χ1) is 15.3. The van der Waals surface area contributed by atoms with Gasteiger partial charge in [0, 0.05) is 24.2 Å². The Bertz CT molecular complexity index is 1280. The molecule has 2 amide bonds. The van der Waals surface area contributed by atoms with Crippen LogP contribution in [0, 0.1) is 6.92 Å². The van der Waals surface area contributed by atoms with E-state index in [1.165, 1.54) is 11.2 Å². The summed E-state index contributed by atoms with van der Waals surface area (Å²) in [7, 11) is 1.63. The molecule has 0 saturated carbocycles. The van der Waals surface area contributed by atoms with Gasteiger partial charge in [-0.25, -0.2) is 14.8 Å². The van der Waals surface area contributed by atoms with Gasteiger partial charge in [-0.15, -0.1) is 0 Å². The number of nitrogens with two attached hydrogens (primary N) is 1. The number of rotatable bonds is 5. The number of pyridine rings is 1. The lowest BCUT2D eigenvalue weighted by molar-refractivity contribution is 0.258. The fourth-order valence-corrected chi connectivity index (χ4v) is 3.55. The number of aryl methyl sites for hydroxylation is 1. The molecule has 0 saturated heterocycles. The van der Waals surface area contributed by atoms with Crippen molar-refractivity contribution in [3.63, 3.8) is 0 Å². The summed E-state index contributed by atoms with van der Waals surface area (Å²) in [6, 6.07) is 13.0. The zero-order valence-corrected chi connectivity index (χ0v) is 18.6. The molecule has 0 radical (unpaired) electrons. The number of fused-ring (bicyclic) bond motifs is 1. The van der Waals surface area contributed by atoms with Gasteiger partial charge in [0.05, 0.1) is 29.1 Å². The molecule has 0 atom stereocenters. The molecule has 0 bridgehead atoms. The van der Waals surface area contributed by atoms with Gasteiger partial charge in [-0.1, -0.05) is 26.0 Å². The summed E-state index contributed by atoms with van der Waals surface area (Å²) >= 11 is 0. The first kappa shape index (κ1) is 21.2. The van der Waals surface area contributed by atoms with Crippen LogP contribution in [-0.2, 0) is 6.54 Å². The largest absolute Gasteiger partial charge is 0.384 e. The Morgan fingerprint density at radius 1 is 1.19 bits per heavy atom. The van der Waals surface area contributed by atoms with Gasteiger partial charge >= 0.3 is 6.03 Å². The fraction of sp³-hybridized carbons (Fsp3) is 0.261. The number of aromatic nitrogens is 5. The van der Waals surface area contributed by atoms with E-state index in [-0.39, 0.29) is 6.03 Å². The third-order valence-corrected chi connectivity index (χ3v) is 5.25. The number of amides is 2. The van der Waals surface area contributed by atoms with Crippen molar-refractivity contribution in [2.24, 2.45) is 0 Å². The number of carbonyl (C=O) groups excluding carboxylic acids is 1. The molecule has 32 heavy (non-hydrogen) atoms. The highest BCUT2D eigenvalue weighted by molar-refractivity contribution is 6.07. The van der Waals surface area contributed by atoms with Crippen LogP contribution in [0.3, 0.4) is 0 Å². The first-order valence-corrected chi connectivity index (χ1v) is 10.4. The minimum Gasteiger partial charge on any atom is -0.384 e. The molecular weight excluding hydrogens is 404 g/mol. The number of urea groups is 1. The third-order valence-electron chi connectivity index (χ3n) is 5.25. The number of nitrogen functional groups attached to an aromatic ring is 1. The zero-order chi connectivity index (χ0) is 22.8. The Kier molecular flexibility index (Phi) is 5.72. The number of hydrogen-bond acceptors (Lipinski definition) is 6. The second-order valence-corrected chi connectivity index (χ2v) is 7.94. The second kappa shape index (κ2) is 8.62. The van der Waals surface area contributed by atoms with Gasteiger partial charge in [0.15, 0.2) is 0 Å². The molecule has 0 aliphatic rings. The standard InChI is InChI=1S/C23H26N8O/c1-14(2)17-8-5-7-16(27-17)12-31-19-10-6-9-18(22(19)15(3)29-31)28-23(32)30(4)21-11-20(24)25-13-26-21/h5-11,13-14H,12H2,1-4H3,(H,28,32)(H2,24,25,26). The maximum absolute atomic E-state index is 12.9. The van der Waals surface area contributed by atoms with E-state index in [1.807, 2.05) is 48.0 Å². The summed E-state index contributed by atoms with van der Waals surface area (Å²) in [4.78, 5) is 27.0. The van der Waals surface area contributed by atoms with Crippen LogP contribution < -0.4 is 16.0 Å². The van der Waals surface area contributed by atoms with E-state index in [4.69, 9.17) is 15.8 Å². The average molecular weight is 431 g/mol. The van der Waals surface area contributed by atoms with E-state index in [9.17, 15) is 4.79 Å². The predicted octanol–water partition coefficient (Wildman–Crippen LogP) is 3.95. The van der Waals surface area contributed by atoms with Crippen LogP contribution in [0.4, 0.5) is 22.1 Å². The van der Waals surface area contributed by atoms with Gasteiger partial charge in [0.1, 0.15) is 18.0 Å². The number of nitrogens with zero attached hydrogens (tertiary/aromatic N) is 6. The smallest absolute Gasteiger partial charge is 0.327 e. The van der Waals surface area contributed by atoms with Crippen molar-refractivity contribution in [3.8, 4) is 0 Å². The molecule has 1 aromatic carbocycles. The van der Waals surface area contributed by atoms with E-state index in [0.717, 1.165) is 28.0 Å². The van der Waals surface area contributed by atoms with Crippen molar-refractivity contribution in [3.05, 3.63) is 65.9 Å². The summed E-state index contributed by atoms with van der Waals surface area (Å²) < 4.78 is 1.92. The lowest BCUT2D eigenvalue weighted by atomic mass is 10.1. The number of carbonyl (C=O) groups is 1. The monoisotopic (exact) mass is 430 g/mol. The van der Waals surface area contributed by atoms with Gasteiger partial charge in [-0.05, 0) is 37.1 Å². The summed E-state index contributed by atoms with van der Waals surface area (Å²) in [6.07, 6.45) is 1.33. The van der Waals surface area contributed by atoms with Crippen molar-refractivity contribution in [1.29, 1.82) is 0 Å². The minimum absolute atomic E-state index is 0.295. The highest BCUT2D eigenvalue weighted by atomic mass is 16.2. The SMILES string of the molecule is Cc1nn(Cc2cccc(C(C)C)n2)c2cccc(NC(=O)N(C)c3cc(N)ncn3)c12. The molecule has 0 unspecified atom stereocenters. The number of nitrogens with one attached hydrogen (secondary N) is 1. The van der Waals surface area contributed by atoms with Gasteiger partial charge in [-0.2, -0.15) is 5.10 Å². The maximum Gasteiger partial charge on any atom is 0.327 e. The summed E-state index contributed by atoms with van der Waals surface area (Å²) in [6.45, 7) is 6.73. The van der Waals surface area contributed by atoms with Crippen LogP contribution in [0.2, 0.25) is 0 Å². The van der Waals surface area contributed by atoms with Crippen molar-refractivity contribution < 1.29 is 4.79 Å². The first-order valence-electron chi connectivity index (χ1n) is 10.4. The molecule has 0 spiro atoms. The van der Waals surface area contributed by atoms with Crippen LogP contribution in [0.1, 0.15) is 36.8 Å². The normalized spacial score (nSPS) is 11.2. The fourth-order valence-electron chi connectivity index (χ4n) is 3.55. The Morgan fingerprint density at radius 2 is 1.97 bits per heavy atom. The van der Waals surface area contributed by atoms with Crippen molar-refractivity contribution in [2.75, 3.05) is 23.0 Å². The number of benzene rings is 1. The molecule has 3 aromatic heterocycles. The molecule has 3 N–H and O–H groups in total. The lowest BCUT2D eigenvalue weighted by Crippen LogP contribution is -2.32. The molecule has 0 fully saturated rings. The predicted molar refractivity (Wildman–Crippen MR) is 126 cm³/mol. The van der Waals surface area contributed by atoms with E-state index in [1.54, 1.807) is 13.1 Å². The van der Waals surface area contributed by atoms with Crippen LogP contribution in [0.15, 0.2) is 48.8 Å². The van der Waals surface area contributed by atoms with Crippen LogP contribution >= 0.6 is 0 Å². The molecule has 164 valence electrons. The summed E-state index contributed by atoms with van der Waals surface area (Å²) in [5.74, 6) is 1.06. The molecule has 0 aliphatic heterocycles. The summed E-state index contributed by atoms with van der Waals surface area (Å²) in [5, 5.41) is 8.56. The third kappa shape index (κ3) is 4.22. The minimum atomic E-state index is -0.339. The van der Waals surface area contributed by atoms with Crippen molar-refractivity contribution in [1.82, 2.24) is 24.7 Å². The molecule has 4 aromatic rings. The van der Waals surface area contributed by atoms with Crippen LogP contribution in [-0.4, -0.2) is 37.8 Å². The quantitative estimate of drug-likeness (QED) is 0.495. The molecule has 4 rings (SSSR count). The van der Waals surface area contributed by atoms with Gasteiger partial charge in [-0.3, -0.25) is 14.6 Å². The molecule has 3 heterocycles. The van der Waals surface area contributed by atoms with Gasteiger partial charge in [0.25, 0.3) is 0 Å². The van der Waals surface area contributed by atoms with Gasteiger partial charge in [0.2, 0.25) is 0 Å². The number of anilines is 3. The highest BCUT2D eigenvalue weighted by Gasteiger charge is 2.17. The average Bonchev–Trinajstić information content (AvgIpc) is 3.09. The Hall–Kier alpha value is -4.01. The molecule has 9 heteroatoms. The van der Waals surface area contributed by atoms with Crippen LogP contribution in [0.25, 0.3) is 10.9 Å². The zero-order valence-electron chi connectivity index (χ0n) is 18.6. The maximum atomic E-state index is 12.9. The van der Waals surface area contributed by atoms with Crippen molar-refractivity contribution >= 4 is 34.3 Å². The van der Waals surface area contributed by atoms with E-state index in [2.05, 4.69) is 29.1 Å². The van der Waals surface area contributed by atoms with E-state index in [0.29, 0.717) is 29.8 Å². The summed E-state index contributed by atoms with van der Waals surface area (Å²) in [5.41, 5.74) is 10.1. The molecule has 9 nitrogen and oxygen atoms in total. The topological polar surface area (TPSA) is 115 Å². The van der Waals surface area contributed by atoms with E-state index >= 15 is 0 Å². The second-order valence-electron chi connectivity index (χ2n) is 7.94. The lowest BCUT2D eigenvalue weighted by Gasteiger charge is -2.17. The Balaban J connectivity index is 1.63. The van der Waals surface area contributed by atoms with Gasteiger partial charge < -0.3 is 11.1 Å². The Labute approximate surface area is 186 Å². The Morgan fingerprint density at radius 3 is 2.72 bits per heavy atom. The molecular formula is C23H26N8O. The van der Waals surface area contributed by atoms with E-state index < -0.39 is 0 Å². The number of hydrogen-bond donors (Lipinski definition) is 2.